The summed E-state index contributed by atoms with van der Waals surface area (Å²) >= 11 is 0. The summed E-state index contributed by atoms with van der Waals surface area (Å²) in [5.41, 5.74) is 0. The molecule has 1 N–H and O–H groups in total. The van der Waals surface area contributed by atoms with Crippen molar-refractivity contribution in [2.24, 2.45) is 0 Å². The second-order valence-electron chi connectivity index (χ2n) is 4.95. The van der Waals surface area contributed by atoms with Gasteiger partial charge in [-0.05, 0) is 19.3 Å². The Balaban J connectivity index is 2.94. The Morgan fingerprint density at radius 2 is 1.12 bits per heavy atom. The Morgan fingerprint density at radius 3 is 1.65 bits per heavy atom. The van der Waals surface area contributed by atoms with E-state index < -0.39 is 0 Å². The molecule has 0 rings (SSSR count). The van der Waals surface area contributed by atoms with Crippen molar-refractivity contribution in [3.63, 3.8) is 0 Å². The number of aliphatic hydroxyl groups excluding tert-OH is 1. The normalized spacial score (nSPS) is 11.4. The predicted octanol–water partition coefficient (Wildman–Crippen LogP) is 5.24. The summed E-state index contributed by atoms with van der Waals surface area (Å²) in [7, 11) is 0. The number of rotatable bonds is 13. The van der Waals surface area contributed by atoms with Crippen LogP contribution in [0.4, 0.5) is 0 Å². The van der Waals surface area contributed by atoms with Crippen LogP contribution in [0.3, 0.4) is 0 Å². The first-order valence-corrected chi connectivity index (χ1v) is 7.67. The highest BCUT2D eigenvalue weighted by molar-refractivity contribution is 4.80. The molecule has 0 saturated carbocycles. The van der Waals surface area contributed by atoms with Crippen LogP contribution < -0.4 is 0 Å². The minimum atomic E-state index is 0.286. The van der Waals surface area contributed by atoms with Crippen molar-refractivity contribution >= 4 is 0 Å². The van der Waals surface area contributed by atoms with Gasteiger partial charge in [0, 0.05) is 6.61 Å². The summed E-state index contributed by atoms with van der Waals surface area (Å²) < 4.78 is 0. The summed E-state index contributed by atoms with van der Waals surface area (Å²) in [4.78, 5) is 0. The van der Waals surface area contributed by atoms with E-state index in [1.165, 1.54) is 70.6 Å². The van der Waals surface area contributed by atoms with E-state index in [0.29, 0.717) is 0 Å². The molecule has 1 heteroatoms. The maximum Gasteiger partial charge on any atom is 0.0465 e. The standard InChI is InChI=1S/C16H32O/c1-2-3-4-5-6-7-8-9-10-11-12-13-14-15-16-17/h13-14,17H,2-12,15-16H2,1H3/b14-13-. The Morgan fingerprint density at radius 1 is 0.647 bits per heavy atom. The third-order valence-corrected chi connectivity index (χ3v) is 3.19. The van der Waals surface area contributed by atoms with Crippen molar-refractivity contribution in [2.75, 3.05) is 6.61 Å². The smallest absolute Gasteiger partial charge is 0.0465 e. The Kier molecular flexibility index (Phi) is 15.4. The highest BCUT2D eigenvalue weighted by Crippen LogP contribution is 2.11. The van der Waals surface area contributed by atoms with Gasteiger partial charge in [0.15, 0.2) is 0 Å². The first-order valence-electron chi connectivity index (χ1n) is 7.67. The quantitative estimate of drug-likeness (QED) is 0.345. The van der Waals surface area contributed by atoms with Gasteiger partial charge in [-0.3, -0.25) is 0 Å². The molecule has 0 aromatic heterocycles. The van der Waals surface area contributed by atoms with Crippen molar-refractivity contribution in [1.82, 2.24) is 0 Å². The molecule has 0 aliphatic carbocycles. The molecule has 17 heavy (non-hydrogen) atoms. The molecule has 0 aliphatic heterocycles. The van der Waals surface area contributed by atoms with Crippen molar-refractivity contribution in [1.29, 1.82) is 0 Å². The zero-order valence-electron chi connectivity index (χ0n) is 11.8. The molecule has 0 heterocycles. The Labute approximate surface area is 108 Å². The molecule has 0 amide bonds. The molecule has 1 nitrogen and oxygen atoms in total. The zero-order chi connectivity index (χ0) is 12.6. The van der Waals surface area contributed by atoms with Gasteiger partial charge in [0.2, 0.25) is 0 Å². The molecule has 0 unspecified atom stereocenters. The molecule has 0 aliphatic rings. The van der Waals surface area contributed by atoms with Crippen LogP contribution in [0.25, 0.3) is 0 Å². The fourth-order valence-electron chi connectivity index (χ4n) is 2.06. The van der Waals surface area contributed by atoms with Crippen molar-refractivity contribution in [2.45, 2.75) is 84.0 Å². The summed E-state index contributed by atoms with van der Waals surface area (Å²) in [6.07, 6.45) is 20.3. The molecule has 0 bridgehead atoms. The van der Waals surface area contributed by atoms with Gasteiger partial charge in [-0.15, -0.1) is 0 Å². The molecule has 0 aromatic rings. The largest absolute Gasteiger partial charge is 0.396 e. The molecule has 0 spiro atoms. The van der Waals surface area contributed by atoms with Crippen molar-refractivity contribution in [3.8, 4) is 0 Å². The maximum absolute atomic E-state index is 8.59. The summed E-state index contributed by atoms with van der Waals surface area (Å²) in [6, 6.07) is 0. The number of aliphatic hydroxyl groups is 1. The number of hydrogen-bond acceptors (Lipinski definition) is 1. The fraction of sp³-hybridized carbons (Fsp3) is 0.875. The third kappa shape index (κ3) is 15.7. The van der Waals surface area contributed by atoms with Gasteiger partial charge >= 0.3 is 0 Å². The summed E-state index contributed by atoms with van der Waals surface area (Å²) in [6.45, 7) is 2.56. The van der Waals surface area contributed by atoms with Gasteiger partial charge in [0.25, 0.3) is 0 Å². The first-order chi connectivity index (χ1) is 8.41. The SMILES string of the molecule is CCCCCCCCCCCC/C=C\CCO. The first kappa shape index (κ1) is 16.7. The molecular formula is C16H32O. The second kappa shape index (κ2) is 15.7. The second-order valence-corrected chi connectivity index (χ2v) is 4.95. The summed E-state index contributed by atoms with van der Waals surface area (Å²) in [5.74, 6) is 0. The number of allylic oxidation sites excluding steroid dienone is 1. The molecule has 0 atom stereocenters. The van der Waals surface area contributed by atoms with Gasteiger partial charge in [-0.25, -0.2) is 0 Å². The minimum Gasteiger partial charge on any atom is -0.396 e. The van der Waals surface area contributed by atoms with Gasteiger partial charge in [-0.1, -0.05) is 76.9 Å². The molecule has 102 valence electrons. The van der Waals surface area contributed by atoms with E-state index in [0.717, 1.165) is 6.42 Å². The fourth-order valence-corrected chi connectivity index (χ4v) is 2.06. The zero-order valence-corrected chi connectivity index (χ0v) is 11.8. The van der Waals surface area contributed by atoms with Crippen LogP contribution in [0, 0.1) is 0 Å². The molecular weight excluding hydrogens is 208 g/mol. The highest BCUT2D eigenvalue weighted by atomic mass is 16.2. The lowest BCUT2D eigenvalue weighted by Gasteiger charge is -2.01. The average Bonchev–Trinajstić information content (AvgIpc) is 2.35. The van der Waals surface area contributed by atoms with Crippen LogP contribution in [-0.4, -0.2) is 11.7 Å². The highest BCUT2D eigenvalue weighted by Gasteiger charge is 1.91. The van der Waals surface area contributed by atoms with Crippen molar-refractivity contribution in [3.05, 3.63) is 12.2 Å². The lowest BCUT2D eigenvalue weighted by atomic mass is 10.1. The van der Waals surface area contributed by atoms with Crippen LogP contribution in [-0.2, 0) is 0 Å². The molecule has 0 saturated heterocycles. The van der Waals surface area contributed by atoms with Crippen LogP contribution in [0.2, 0.25) is 0 Å². The topological polar surface area (TPSA) is 20.2 Å². The lowest BCUT2D eigenvalue weighted by molar-refractivity contribution is 0.302. The predicted molar refractivity (Wildman–Crippen MR) is 77.3 cm³/mol. The van der Waals surface area contributed by atoms with Crippen LogP contribution in [0.15, 0.2) is 12.2 Å². The van der Waals surface area contributed by atoms with Crippen LogP contribution in [0.1, 0.15) is 84.0 Å². The Hall–Kier alpha value is -0.300. The maximum atomic E-state index is 8.59. The number of hydrogen-bond donors (Lipinski definition) is 1. The van der Waals surface area contributed by atoms with Crippen LogP contribution >= 0.6 is 0 Å². The summed E-state index contributed by atoms with van der Waals surface area (Å²) in [5, 5.41) is 8.59. The Bertz CT molecular complexity index is 152. The van der Waals surface area contributed by atoms with Gasteiger partial charge < -0.3 is 5.11 Å². The van der Waals surface area contributed by atoms with E-state index in [9.17, 15) is 0 Å². The van der Waals surface area contributed by atoms with Gasteiger partial charge in [0.1, 0.15) is 0 Å². The number of unbranched alkanes of at least 4 members (excludes halogenated alkanes) is 10. The van der Waals surface area contributed by atoms with E-state index in [1.54, 1.807) is 0 Å². The van der Waals surface area contributed by atoms with E-state index in [-0.39, 0.29) is 6.61 Å². The molecule has 0 radical (unpaired) electrons. The minimum absolute atomic E-state index is 0.286. The van der Waals surface area contributed by atoms with Gasteiger partial charge in [0.05, 0.1) is 0 Å². The van der Waals surface area contributed by atoms with E-state index in [1.807, 2.05) is 0 Å². The lowest BCUT2D eigenvalue weighted by Crippen LogP contribution is -1.81. The van der Waals surface area contributed by atoms with Gasteiger partial charge in [-0.2, -0.15) is 0 Å². The van der Waals surface area contributed by atoms with Crippen LogP contribution in [0.5, 0.6) is 0 Å². The monoisotopic (exact) mass is 240 g/mol. The molecule has 0 fully saturated rings. The van der Waals surface area contributed by atoms with E-state index in [2.05, 4.69) is 19.1 Å². The molecule has 0 aromatic carbocycles. The van der Waals surface area contributed by atoms with E-state index >= 15 is 0 Å². The van der Waals surface area contributed by atoms with E-state index in [4.69, 9.17) is 5.11 Å². The third-order valence-electron chi connectivity index (χ3n) is 3.19. The van der Waals surface area contributed by atoms with Crippen molar-refractivity contribution < 1.29 is 5.11 Å². The average molecular weight is 240 g/mol.